The zero-order valence-corrected chi connectivity index (χ0v) is 12.4. The van der Waals surface area contributed by atoms with Crippen molar-refractivity contribution in [2.45, 2.75) is 13.8 Å². The van der Waals surface area contributed by atoms with Gasteiger partial charge in [0.25, 0.3) is 0 Å². The molecule has 2 aromatic carbocycles. The minimum atomic E-state index is -1.10. The monoisotopic (exact) mass is 282 g/mol. The molecule has 2 rings (SSSR count). The summed E-state index contributed by atoms with van der Waals surface area (Å²) in [6.45, 7) is 3.32. The number of carbonyl (C=O) groups is 2. The van der Waals surface area contributed by atoms with Crippen LogP contribution in [0, 0.1) is 5.41 Å². The molecule has 0 N–H and O–H groups in total. The summed E-state index contributed by atoms with van der Waals surface area (Å²) in [6.07, 6.45) is 0. The molecule has 2 aromatic rings. The summed E-state index contributed by atoms with van der Waals surface area (Å²) in [5.41, 5.74) is -0.0508. The minimum absolute atomic E-state index is 0.177. The average Bonchev–Trinajstić information content (AvgIpc) is 2.54. The number of ether oxygens (including phenoxy) is 1. The molecule has 0 unspecified atom stereocenters. The maximum Gasteiger partial charge on any atom is 0.176 e. The lowest BCUT2D eigenvalue weighted by molar-refractivity contribution is 0.0711. The number of Topliss-reactive ketones (excluding diaryl/α,β-unsaturated/α-hetero) is 2. The van der Waals surface area contributed by atoms with E-state index in [1.54, 1.807) is 69.5 Å². The molecule has 0 amide bonds. The van der Waals surface area contributed by atoms with E-state index in [0.29, 0.717) is 16.9 Å². The molecule has 0 bridgehead atoms. The molecule has 0 radical (unpaired) electrons. The van der Waals surface area contributed by atoms with Crippen LogP contribution in [0.25, 0.3) is 0 Å². The number of ketones is 2. The normalized spacial score (nSPS) is 11.0. The standard InChI is InChI=1S/C18H18O3/c1-18(2,16(19)13-7-5-4-6-8-13)17(20)14-9-11-15(21-3)12-10-14/h4-12H,1-3H3. The van der Waals surface area contributed by atoms with Crippen molar-refractivity contribution in [3.05, 3.63) is 65.7 Å². The molecule has 0 fully saturated rings. The molecule has 3 nitrogen and oxygen atoms in total. The van der Waals surface area contributed by atoms with Crippen LogP contribution in [0.2, 0.25) is 0 Å². The van der Waals surface area contributed by atoms with E-state index in [0.717, 1.165) is 0 Å². The molecule has 3 heteroatoms. The molecular weight excluding hydrogens is 264 g/mol. The topological polar surface area (TPSA) is 43.4 Å². The van der Waals surface area contributed by atoms with Crippen molar-refractivity contribution in [3.63, 3.8) is 0 Å². The lowest BCUT2D eigenvalue weighted by atomic mass is 9.78. The van der Waals surface area contributed by atoms with E-state index in [1.165, 1.54) is 0 Å². The fraction of sp³-hybridized carbons (Fsp3) is 0.222. The van der Waals surface area contributed by atoms with Crippen LogP contribution in [0.1, 0.15) is 34.6 Å². The first kappa shape index (κ1) is 15.0. The van der Waals surface area contributed by atoms with Crippen molar-refractivity contribution in [3.8, 4) is 5.75 Å². The second-order valence-corrected chi connectivity index (χ2v) is 5.38. The van der Waals surface area contributed by atoms with Gasteiger partial charge in [-0.1, -0.05) is 30.3 Å². The number of hydrogen-bond donors (Lipinski definition) is 0. The lowest BCUT2D eigenvalue weighted by Crippen LogP contribution is -2.33. The zero-order chi connectivity index (χ0) is 15.5. The van der Waals surface area contributed by atoms with E-state index in [9.17, 15) is 9.59 Å². The van der Waals surface area contributed by atoms with Crippen molar-refractivity contribution in [1.29, 1.82) is 0 Å². The summed E-state index contributed by atoms with van der Waals surface area (Å²) < 4.78 is 5.07. The largest absolute Gasteiger partial charge is 0.497 e. The van der Waals surface area contributed by atoms with Gasteiger partial charge in [-0.05, 0) is 38.1 Å². The van der Waals surface area contributed by atoms with Gasteiger partial charge in [0, 0.05) is 11.1 Å². The number of methoxy groups -OCH3 is 1. The van der Waals surface area contributed by atoms with Crippen molar-refractivity contribution in [1.82, 2.24) is 0 Å². The van der Waals surface area contributed by atoms with Gasteiger partial charge in [0.2, 0.25) is 0 Å². The Balaban J connectivity index is 2.29. The third-order valence-electron chi connectivity index (χ3n) is 3.52. The zero-order valence-electron chi connectivity index (χ0n) is 12.4. The molecule has 0 saturated heterocycles. The predicted molar refractivity (Wildman–Crippen MR) is 81.9 cm³/mol. The number of carbonyl (C=O) groups excluding carboxylic acids is 2. The average molecular weight is 282 g/mol. The highest BCUT2D eigenvalue weighted by atomic mass is 16.5. The molecule has 0 aliphatic heterocycles. The second kappa shape index (κ2) is 5.92. The number of hydrogen-bond acceptors (Lipinski definition) is 3. The van der Waals surface area contributed by atoms with Crippen LogP contribution >= 0.6 is 0 Å². The van der Waals surface area contributed by atoms with Crippen molar-refractivity contribution < 1.29 is 14.3 Å². The third-order valence-corrected chi connectivity index (χ3v) is 3.52. The highest BCUT2D eigenvalue weighted by Crippen LogP contribution is 2.27. The summed E-state index contributed by atoms with van der Waals surface area (Å²) in [5.74, 6) is 0.307. The molecule has 0 aliphatic carbocycles. The molecule has 0 saturated carbocycles. The minimum Gasteiger partial charge on any atom is -0.497 e. The van der Waals surface area contributed by atoms with Crippen LogP contribution in [-0.4, -0.2) is 18.7 Å². The van der Waals surface area contributed by atoms with Crippen LogP contribution in [0.15, 0.2) is 54.6 Å². The summed E-state index contributed by atoms with van der Waals surface area (Å²) in [7, 11) is 1.57. The lowest BCUT2D eigenvalue weighted by Gasteiger charge is -2.21. The maximum atomic E-state index is 12.6. The van der Waals surface area contributed by atoms with Crippen LogP contribution < -0.4 is 4.74 Å². The van der Waals surface area contributed by atoms with Gasteiger partial charge in [-0.2, -0.15) is 0 Å². The quantitative estimate of drug-likeness (QED) is 0.619. The summed E-state index contributed by atoms with van der Waals surface area (Å²) in [5, 5.41) is 0. The fourth-order valence-corrected chi connectivity index (χ4v) is 2.16. The Morgan fingerprint density at radius 3 is 1.76 bits per heavy atom. The predicted octanol–water partition coefficient (Wildman–Crippen LogP) is 3.79. The molecule has 0 spiro atoms. The highest BCUT2D eigenvalue weighted by molar-refractivity contribution is 6.19. The Morgan fingerprint density at radius 2 is 1.29 bits per heavy atom. The third kappa shape index (κ3) is 3.02. The van der Waals surface area contributed by atoms with Gasteiger partial charge in [0.1, 0.15) is 5.75 Å². The molecule has 0 aliphatic rings. The van der Waals surface area contributed by atoms with Crippen molar-refractivity contribution in [2.75, 3.05) is 7.11 Å². The van der Waals surface area contributed by atoms with E-state index in [1.807, 2.05) is 6.07 Å². The molecule has 21 heavy (non-hydrogen) atoms. The van der Waals surface area contributed by atoms with Crippen molar-refractivity contribution >= 4 is 11.6 Å². The summed E-state index contributed by atoms with van der Waals surface area (Å²) >= 11 is 0. The van der Waals surface area contributed by atoms with Gasteiger partial charge in [0.15, 0.2) is 11.6 Å². The highest BCUT2D eigenvalue weighted by Gasteiger charge is 2.36. The van der Waals surface area contributed by atoms with E-state index in [2.05, 4.69) is 0 Å². The Bertz CT molecular complexity index is 640. The summed E-state index contributed by atoms with van der Waals surface area (Å²) in [4.78, 5) is 25.2. The van der Waals surface area contributed by atoms with Gasteiger partial charge < -0.3 is 4.74 Å². The van der Waals surface area contributed by atoms with Gasteiger partial charge in [0.05, 0.1) is 12.5 Å². The Morgan fingerprint density at radius 1 is 0.810 bits per heavy atom. The molecular formula is C18H18O3. The SMILES string of the molecule is COc1ccc(C(=O)C(C)(C)C(=O)c2ccccc2)cc1. The van der Waals surface area contributed by atoms with E-state index >= 15 is 0 Å². The van der Waals surface area contributed by atoms with Gasteiger partial charge in [-0.15, -0.1) is 0 Å². The summed E-state index contributed by atoms with van der Waals surface area (Å²) in [6, 6.07) is 15.7. The number of benzene rings is 2. The van der Waals surface area contributed by atoms with E-state index in [-0.39, 0.29) is 11.6 Å². The van der Waals surface area contributed by atoms with Crippen molar-refractivity contribution in [2.24, 2.45) is 5.41 Å². The molecule has 108 valence electrons. The first-order valence-electron chi connectivity index (χ1n) is 6.75. The fourth-order valence-electron chi connectivity index (χ4n) is 2.16. The number of rotatable bonds is 5. The first-order chi connectivity index (χ1) is 9.96. The van der Waals surface area contributed by atoms with Gasteiger partial charge in [-0.3, -0.25) is 9.59 Å². The van der Waals surface area contributed by atoms with Crippen LogP contribution in [0.4, 0.5) is 0 Å². The molecule has 0 heterocycles. The van der Waals surface area contributed by atoms with Gasteiger partial charge in [-0.25, -0.2) is 0 Å². The van der Waals surface area contributed by atoms with E-state index in [4.69, 9.17) is 4.74 Å². The van der Waals surface area contributed by atoms with Crippen LogP contribution in [0.3, 0.4) is 0 Å². The molecule has 0 aromatic heterocycles. The van der Waals surface area contributed by atoms with Crippen LogP contribution in [-0.2, 0) is 0 Å². The smallest absolute Gasteiger partial charge is 0.176 e. The first-order valence-corrected chi connectivity index (χ1v) is 6.75. The second-order valence-electron chi connectivity index (χ2n) is 5.38. The Kier molecular flexibility index (Phi) is 4.22. The molecule has 0 atom stereocenters. The Labute approximate surface area is 124 Å². The maximum absolute atomic E-state index is 12.6. The Hall–Kier alpha value is -2.42. The van der Waals surface area contributed by atoms with E-state index < -0.39 is 5.41 Å². The van der Waals surface area contributed by atoms with Crippen LogP contribution in [0.5, 0.6) is 5.75 Å². The van der Waals surface area contributed by atoms with Gasteiger partial charge >= 0.3 is 0 Å².